The van der Waals surface area contributed by atoms with Gasteiger partial charge in [0.05, 0.1) is 7.11 Å². The van der Waals surface area contributed by atoms with E-state index in [1.165, 1.54) is 0 Å². The number of ether oxygens (including phenoxy) is 1. The first-order valence-corrected chi connectivity index (χ1v) is 7.40. The number of benzene rings is 2. The van der Waals surface area contributed by atoms with Gasteiger partial charge in [-0.1, -0.05) is 34.1 Å². The quantitative estimate of drug-likeness (QED) is 0.779. The van der Waals surface area contributed by atoms with Crippen molar-refractivity contribution in [2.45, 2.75) is 12.5 Å². The van der Waals surface area contributed by atoms with Crippen LogP contribution in [0.2, 0.25) is 0 Å². The smallest absolute Gasteiger partial charge is 0.197 e. The number of rotatable bonds is 4. The fourth-order valence-corrected chi connectivity index (χ4v) is 2.64. The van der Waals surface area contributed by atoms with Gasteiger partial charge in [0.1, 0.15) is 11.3 Å². The summed E-state index contributed by atoms with van der Waals surface area (Å²) in [5.41, 5.74) is 8.84. The summed E-state index contributed by atoms with van der Waals surface area (Å²) in [7, 11) is 1.64. The fraction of sp³-hybridized carbons (Fsp3) is 0.188. The van der Waals surface area contributed by atoms with Gasteiger partial charge in [-0.05, 0) is 24.3 Å². The van der Waals surface area contributed by atoms with Crippen LogP contribution in [0.25, 0.3) is 11.1 Å². The van der Waals surface area contributed by atoms with Crippen LogP contribution in [0.1, 0.15) is 17.5 Å². The molecule has 0 aliphatic rings. The first-order valence-electron chi connectivity index (χ1n) is 6.61. The molecule has 21 heavy (non-hydrogen) atoms. The largest absolute Gasteiger partial charge is 0.496 e. The van der Waals surface area contributed by atoms with Crippen LogP contribution in [0.4, 0.5) is 0 Å². The molecule has 0 fully saturated rings. The Morgan fingerprint density at radius 2 is 2.10 bits per heavy atom. The summed E-state index contributed by atoms with van der Waals surface area (Å²) in [5.74, 6) is 1.39. The minimum atomic E-state index is -0.235. The summed E-state index contributed by atoms with van der Waals surface area (Å²) in [5, 5.41) is 0. The van der Waals surface area contributed by atoms with Crippen molar-refractivity contribution in [1.29, 1.82) is 0 Å². The molecule has 108 valence electrons. The molecule has 1 heterocycles. The van der Waals surface area contributed by atoms with E-state index in [-0.39, 0.29) is 6.04 Å². The number of halogens is 1. The van der Waals surface area contributed by atoms with Crippen LogP contribution in [-0.2, 0) is 6.42 Å². The van der Waals surface area contributed by atoms with E-state index in [1.54, 1.807) is 7.11 Å². The number of nitrogens with two attached hydrogens (primary N) is 1. The van der Waals surface area contributed by atoms with Gasteiger partial charge in [-0.15, -0.1) is 0 Å². The molecule has 1 atom stereocenters. The highest BCUT2D eigenvalue weighted by Gasteiger charge is 2.16. The van der Waals surface area contributed by atoms with E-state index < -0.39 is 0 Å². The van der Waals surface area contributed by atoms with Crippen LogP contribution in [0.3, 0.4) is 0 Å². The van der Waals surface area contributed by atoms with Crippen LogP contribution >= 0.6 is 15.9 Å². The first kappa shape index (κ1) is 14.1. The number of nitrogens with zero attached hydrogens (tertiary/aromatic N) is 1. The summed E-state index contributed by atoms with van der Waals surface area (Å²) in [6, 6.07) is 13.3. The van der Waals surface area contributed by atoms with Crippen molar-refractivity contribution in [1.82, 2.24) is 4.98 Å². The number of oxazole rings is 1. The van der Waals surface area contributed by atoms with E-state index >= 15 is 0 Å². The molecule has 0 radical (unpaired) electrons. The third-order valence-electron chi connectivity index (χ3n) is 3.33. The van der Waals surface area contributed by atoms with Gasteiger partial charge in [-0.25, -0.2) is 4.98 Å². The van der Waals surface area contributed by atoms with Crippen molar-refractivity contribution in [3.05, 3.63) is 58.4 Å². The average molecular weight is 347 g/mol. The predicted octanol–water partition coefficient (Wildman–Crippen LogP) is 3.84. The van der Waals surface area contributed by atoms with E-state index in [4.69, 9.17) is 14.9 Å². The Hall–Kier alpha value is -1.85. The van der Waals surface area contributed by atoms with Crippen LogP contribution in [-0.4, -0.2) is 12.1 Å². The second kappa shape index (κ2) is 5.87. The lowest BCUT2D eigenvalue weighted by molar-refractivity contribution is 0.402. The number of fused-ring (bicyclic) bond motifs is 1. The molecule has 2 N–H and O–H groups in total. The zero-order valence-electron chi connectivity index (χ0n) is 11.5. The monoisotopic (exact) mass is 346 g/mol. The summed E-state index contributed by atoms with van der Waals surface area (Å²) >= 11 is 3.42. The molecule has 1 aromatic heterocycles. The number of aromatic nitrogens is 1. The highest BCUT2D eigenvalue weighted by molar-refractivity contribution is 9.10. The Balaban J connectivity index is 1.87. The molecular formula is C16H15BrN2O2. The van der Waals surface area contributed by atoms with Crippen molar-refractivity contribution in [3.63, 3.8) is 0 Å². The van der Waals surface area contributed by atoms with Gasteiger partial charge < -0.3 is 14.9 Å². The van der Waals surface area contributed by atoms with Gasteiger partial charge in [-0.3, -0.25) is 0 Å². The van der Waals surface area contributed by atoms with Crippen molar-refractivity contribution >= 4 is 27.0 Å². The lowest BCUT2D eigenvalue weighted by Gasteiger charge is -2.14. The van der Waals surface area contributed by atoms with Gasteiger partial charge in [-0.2, -0.15) is 0 Å². The Bertz CT molecular complexity index is 737. The second-order valence-electron chi connectivity index (χ2n) is 4.77. The van der Waals surface area contributed by atoms with Gasteiger partial charge in [0.15, 0.2) is 11.5 Å². The molecule has 3 rings (SSSR count). The zero-order valence-corrected chi connectivity index (χ0v) is 13.1. The average Bonchev–Trinajstić information content (AvgIpc) is 2.88. The molecule has 0 aliphatic carbocycles. The van der Waals surface area contributed by atoms with Crippen LogP contribution in [0.15, 0.2) is 51.4 Å². The maximum Gasteiger partial charge on any atom is 0.197 e. The van der Waals surface area contributed by atoms with Gasteiger partial charge in [0.2, 0.25) is 0 Å². The summed E-state index contributed by atoms with van der Waals surface area (Å²) < 4.78 is 12.1. The molecule has 3 aromatic rings. The Morgan fingerprint density at radius 1 is 1.29 bits per heavy atom. The van der Waals surface area contributed by atoms with Gasteiger partial charge in [0.25, 0.3) is 0 Å². The maximum atomic E-state index is 6.28. The van der Waals surface area contributed by atoms with Crippen molar-refractivity contribution in [2.24, 2.45) is 5.73 Å². The Morgan fingerprint density at radius 3 is 2.86 bits per heavy atom. The number of methoxy groups -OCH3 is 1. The first-order chi connectivity index (χ1) is 10.2. The third-order valence-corrected chi connectivity index (χ3v) is 3.82. The van der Waals surface area contributed by atoms with E-state index in [0.717, 1.165) is 26.9 Å². The standard InChI is InChI=1S/C16H15BrN2O2/c1-20-15-8-10(17)6-7-11(15)12(18)9-16-19-13-4-2-3-5-14(13)21-16/h2-8,12H,9,18H2,1H3. The summed E-state index contributed by atoms with van der Waals surface area (Å²) in [6.45, 7) is 0. The minimum Gasteiger partial charge on any atom is -0.496 e. The topological polar surface area (TPSA) is 61.3 Å². The SMILES string of the molecule is COc1cc(Br)ccc1C(N)Cc1nc2ccccc2o1. The molecule has 4 nitrogen and oxygen atoms in total. The summed E-state index contributed by atoms with van der Waals surface area (Å²) in [6.07, 6.45) is 0.521. The number of hydrogen-bond donors (Lipinski definition) is 1. The molecule has 0 bridgehead atoms. The van der Waals surface area contributed by atoms with Crippen LogP contribution in [0.5, 0.6) is 5.75 Å². The predicted molar refractivity (Wildman–Crippen MR) is 85.3 cm³/mol. The minimum absolute atomic E-state index is 0.235. The highest BCUT2D eigenvalue weighted by Crippen LogP contribution is 2.29. The van der Waals surface area contributed by atoms with E-state index in [0.29, 0.717) is 12.3 Å². The van der Waals surface area contributed by atoms with Crippen molar-refractivity contribution in [3.8, 4) is 5.75 Å². The van der Waals surface area contributed by atoms with Crippen LogP contribution < -0.4 is 10.5 Å². The fourth-order valence-electron chi connectivity index (χ4n) is 2.30. The molecule has 0 spiro atoms. The van der Waals surface area contributed by atoms with Crippen LogP contribution in [0, 0.1) is 0 Å². The second-order valence-corrected chi connectivity index (χ2v) is 5.69. The van der Waals surface area contributed by atoms with Gasteiger partial charge >= 0.3 is 0 Å². The van der Waals surface area contributed by atoms with Crippen molar-refractivity contribution < 1.29 is 9.15 Å². The molecule has 5 heteroatoms. The van der Waals surface area contributed by atoms with Gasteiger partial charge in [0, 0.05) is 22.5 Å². The van der Waals surface area contributed by atoms with E-state index in [9.17, 15) is 0 Å². The number of para-hydroxylation sites is 2. The lowest BCUT2D eigenvalue weighted by atomic mass is 10.0. The molecule has 2 aromatic carbocycles. The summed E-state index contributed by atoms with van der Waals surface area (Å²) in [4.78, 5) is 4.45. The molecular weight excluding hydrogens is 332 g/mol. The Labute approximate surface area is 131 Å². The molecule has 0 aliphatic heterocycles. The molecule has 0 saturated carbocycles. The normalized spacial score (nSPS) is 12.5. The molecule has 0 amide bonds. The molecule has 0 saturated heterocycles. The number of hydrogen-bond acceptors (Lipinski definition) is 4. The highest BCUT2D eigenvalue weighted by atomic mass is 79.9. The van der Waals surface area contributed by atoms with Crippen molar-refractivity contribution in [2.75, 3.05) is 7.11 Å². The van der Waals surface area contributed by atoms with E-state index in [2.05, 4.69) is 20.9 Å². The van der Waals surface area contributed by atoms with E-state index in [1.807, 2.05) is 42.5 Å². The zero-order chi connectivity index (χ0) is 14.8. The third kappa shape index (κ3) is 2.94. The Kier molecular flexibility index (Phi) is 3.94. The maximum absolute atomic E-state index is 6.28. The lowest BCUT2D eigenvalue weighted by Crippen LogP contribution is -2.14. The molecule has 1 unspecified atom stereocenters.